The molecule has 0 radical (unpaired) electrons. The van der Waals surface area contributed by atoms with E-state index in [1.165, 1.54) is 0 Å². The van der Waals surface area contributed by atoms with Crippen molar-refractivity contribution in [2.75, 3.05) is 0 Å². The lowest BCUT2D eigenvalue weighted by Gasteiger charge is -2.13. The predicted molar refractivity (Wildman–Crippen MR) is 83.3 cm³/mol. The Morgan fingerprint density at radius 1 is 1.11 bits per heavy atom. The van der Waals surface area contributed by atoms with Crippen LogP contribution in [-0.4, -0.2) is 4.99 Å². The van der Waals surface area contributed by atoms with E-state index >= 15 is 0 Å². The zero-order valence-electron chi connectivity index (χ0n) is 10.7. The van der Waals surface area contributed by atoms with Crippen LogP contribution in [0.2, 0.25) is 5.02 Å². The molecule has 19 heavy (non-hydrogen) atoms. The first-order valence-corrected chi connectivity index (χ1v) is 6.60. The second-order valence-corrected chi connectivity index (χ2v) is 5.25. The Bertz CT molecular complexity index is 640. The van der Waals surface area contributed by atoms with Crippen molar-refractivity contribution in [1.82, 2.24) is 0 Å². The number of hydrogen-bond donors (Lipinski definition) is 1. The summed E-state index contributed by atoms with van der Waals surface area (Å²) in [6, 6.07) is 11.2. The van der Waals surface area contributed by atoms with Crippen LogP contribution in [0.5, 0.6) is 11.5 Å². The van der Waals surface area contributed by atoms with Gasteiger partial charge in [-0.15, -0.1) is 0 Å². The van der Waals surface area contributed by atoms with Gasteiger partial charge in [0.05, 0.1) is 5.56 Å². The molecule has 0 aliphatic carbocycles. The summed E-state index contributed by atoms with van der Waals surface area (Å²) >= 11 is 11.0. The van der Waals surface area contributed by atoms with Crippen LogP contribution in [0, 0.1) is 13.8 Å². The van der Waals surface area contributed by atoms with Gasteiger partial charge in [0, 0.05) is 5.02 Å². The molecule has 0 heterocycles. The van der Waals surface area contributed by atoms with Gasteiger partial charge in [-0.2, -0.15) is 0 Å². The minimum atomic E-state index is 0.324. The number of aryl methyl sites for hydroxylation is 2. The van der Waals surface area contributed by atoms with Crippen molar-refractivity contribution >= 4 is 28.8 Å². The van der Waals surface area contributed by atoms with E-state index in [4.69, 9.17) is 34.3 Å². The number of halogens is 1. The molecule has 0 saturated heterocycles. The van der Waals surface area contributed by atoms with E-state index in [9.17, 15) is 0 Å². The van der Waals surface area contributed by atoms with E-state index < -0.39 is 0 Å². The Kier molecular flexibility index (Phi) is 4.08. The summed E-state index contributed by atoms with van der Waals surface area (Å²) in [6.45, 7) is 3.93. The molecule has 0 aliphatic rings. The molecule has 0 amide bonds. The molecule has 0 unspecified atom stereocenters. The van der Waals surface area contributed by atoms with Gasteiger partial charge in [0.15, 0.2) is 0 Å². The van der Waals surface area contributed by atoms with Crippen molar-refractivity contribution < 1.29 is 4.74 Å². The van der Waals surface area contributed by atoms with Gasteiger partial charge in [0.1, 0.15) is 16.5 Å². The lowest BCUT2D eigenvalue weighted by molar-refractivity contribution is 0.478. The molecule has 0 aliphatic heterocycles. The number of thiocarbonyl (C=S) groups is 1. The van der Waals surface area contributed by atoms with Crippen molar-refractivity contribution in [3.63, 3.8) is 0 Å². The molecule has 0 fully saturated rings. The lowest BCUT2D eigenvalue weighted by Crippen LogP contribution is -2.11. The minimum absolute atomic E-state index is 0.324. The van der Waals surface area contributed by atoms with Crippen molar-refractivity contribution in [2.45, 2.75) is 13.8 Å². The van der Waals surface area contributed by atoms with Crippen LogP contribution in [0.3, 0.4) is 0 Å². The molecule has 2 aromatic rings. The summed E-state index contributed by atoms with van der Waals surface area (Å²) in [5.41, 5.74) is 8.52. The second-order valence-electron chi connectivity index (χ2n) is 4.38. The first kappa shape index (κ1) is 13.8. The number of hydrogen-bond acceptors (Lipinski definition) is 2. The number of rotatable bonds is 3. The van der Waals surface area contributed by atoms with Crippen LogP contribution >= 0.6 is 23.8 Å². The van der Waals surface area contributed by atoms with E-state index in [1.54, 1.807) is 6.07 Å². The fraction of sp³-hybridized carbons (Fsp3) is 0.133. The van der Waals surface area contributed by atoms with Gasteiger partial charge in [-0.1, -0.05) is 35.4 Å². The van der Waals surface area contributed by atoms with Gasteiger partial charge in [-0.3, -0.25) is 0 Å². The van der Waals surface area contributed by atoms with Crippen LogP contribution in [-0.2, 0) is 0 Å². The molecule has 0 aromatic heterocycles. The van der Waals surface area contributed by atoms with Gasteiger partial charge in [-0.25, -0.2) is 0 Å². The zero-order valence-corrected chi connectivity index (χ0v) is 12.3. The molecule has 2 nitrogen and oxygen atoms in total. The third kappa shape index (κ3) is 3.25. The van der Waals surface area contributed by atoms with Crippen LogP contribution in [0.25, 0.3) is 0 Å². The Labute approximate surface area is 123 Å². The Balaban J connectivity index is 2.40. The molecular weight excluding hydrogens is 278 g/mol. The van der Waals surface area contributed by atoms with Crippen LogP contribution in [0.15, 0.2) is 36.4 Å². The highest BCUT2D eigenvalue weighted by atomic mass is 35.5. The van der Waals surface area contributed by atoms with E-state index in [0.29, 0.717) is 15.8 Å². The molecule has 0 saturated carbocycles. The fourth-order valence-corrected chi connectivity index (χ4v) is 2.16. The summed E-state index contributed by atoms with van der Waals surface area (Å²) in [5, 5.41) is 0.684. The molecule has 2 rings (SSSR count). The molecule has 0 spiro atoms. The van der Waals surface area contributed by atoms with Gasteiger partial charge < -0.3 is 10.5 Å². The number of ether oxygens (including phenoxy) is 1. The van der Waals surface area contributed by atoms with Crippen molar-refractivity contribution in [3.05, 3.63) is 58.1 Å². The second kappa shape index (κ2) is 5.59. The molecule has 4 heteroatoms. The minimum Gasteiger partial charge on any atom is -0.456 e. The maximum atomic E-state index is 5.93. The Hall–Kier alpha value is -1.58. The first-order chi connectivity index (χ1) is 8.97. The molecular formula is C15H14ClNOS. The molecule has 0 bridgehead atoms. The molecule has 0 atom stereocenters. The first-order valence-electron chi connectivity index (χ1n) is 5.82. The summed E-state index contributed by atoms with van der Waals surface area (Å²) in [6.07, 6.45) is 0. The average molecular weight is 292 g/mol. The van der Waals surface area contributed by atoms with Crippen LogP contribution < -0.4 is 10.5 Å². The summed E-state index contributed by atoms with van der Waals surface area (Å²) in [7, 11) is 0. The van der Waals surface area contributed by atoms with Gasteiger partial charge in [0.25, 0.3) is 0 Å². The SMILES string of the molecule is Cc1ccc(Oc2ccc(Cl)cc2C)c(C(N)=S)c1. The predicted octanol–water partition coefficient (Wildman–Crippen LogP) is 4.38. The summed E-state index contributed by atoms with van der Waals surface area (Å²) in [4.78, 5) is 0.324. The van der Waals surface area contributed by atoms with E-state index in [-0.39, 0.29) is 0 Å². The normalized spacial score (nSPS) is 10.3. The maximum absolute atomic E-state index is 5.93. The topological polar surface area (TPSA) is 35.2 Å². The van der Waals surface area contributed by atoms with Gasteiger partial charge >= 0.3 is 0 Å². The van der Waals surface area contributed by atoms with Crippen molar-refractivity contribution in [1.29, 1.82) is 0 Å². The fourth-order valence-electron chi connectivity index (χ4n) is 1.77. The van der Waals surface area contributed by atoms with Gasteiger partial charge in [0.2, 0.25) is 0 Å². The van der Waals surface area contributed by atoms with E-state index in [1.807, 2.05) is 44.2 Å². The monoisotopic (exact) mass is 291 g/mol. The standard InChI is InChI=1S/C15H14ClNOS/c1-9-3-5-14(12(7-9)15(17)19)18-13-6-4-11(16)8-10(13)2/h3-8H,1-2H3,(H2,17,19). The summed E-state index contributed by atoms with van der Waals surface area (Å²) < 4.78 is 5.89. The van der Waals surface area contributed by atoms with E-state index in [2.05, 4.69) is 0 Å². The van der Waals surface area contributed by atoms with Crippen LogP contribution in [0.1, 0.15) is 16.7 Å². The molecule has 2 N–H and O–H groups in total. The smallest absolute Gasteiger partial charge is 0.137 e. The average Bonchev–Trinajstić information content (AvgIpc) is 2.34. The Morgan fingerprint density at radius 2 is 1.79 bits per heavy atom. The molecule has 98 valence electrons. The zero-order chi connectivity index (χ0) is 14.0. The summed E-state index contributed by atoms with van der Waals surface area (Å²) in [5.74, 6) is 1.40. The highest BCUT2D eigenvalue weighted by Gasteiger charge is 2.09. The third-order valence-corrected chi connectivity index (χ3v) is 3.21. The van der Waals surface area contributed by atoms with Crippen molar-refractivity contribution in [3.8, 4) is 11.5 Å². The highest BCUT2D eigenvalue weighted by molar-refractivity contribution is 7.80. The van der Waals surface area contributed by atoms with E-state index in [0.717, 1.165) is 22.4 Å². The highest BCUT2D eigenvalue weighted by Crippen LogP contribution is 2.30. The van der Waals surface area contributed by atoms with Crippen molar-refractivity contribution in [2.24, 2.45) is 5.73 Å². The number of nitrogens with two attached hydrogens (primary N) is 1. The lowest BCUT2D eigenvalue weighted by atomic mass is 10.1. The number of benzene rings is 2. The maximum Gasteiger partial charge on any atom is 0.137 e. The largest absolute Gasteiger partial charge is 0.456 e. The molecule has 2 aromatic carbocycles. The third-order valence-electron chi connectivity index (χ3n) is 2.76. The van der Waals surface area contributed by atoms with Gasteiger partial charge in [-0.05, 0) is 49.7 Å². The van der Waals surface area contributed by atoms with Crippen LogP contribution in [0.4, 0.5) is 0 Å². The Morgan fingerprint density at radius 3 is 2.42 bits per heavy atom. The quantitative estimate of drug-likeness (QED) is 0.852.